The summed E-state index contributed by atoms with van der Waals surface area (Å²) in [4.78, 5) is 21.2. The minimum Gasteiger partial charge on any atom is -0.337 e. The van der Waals surface area contributed by atoms with Gasteiger partial charge in [-0.25, -0.2) is 9.50 Å². The summed E-state index contributed by atoms with van der Waals surface area (Å²) in [7, 11) is 0. The first-order chi connectivity index (χ1) is 11.1. The summed E-state index contributed by atoms with van der Waals surface area (Å²) in [6.07, 6.45) is 6.25. The Morgan fingerprint density at radius 3 is 2.83 bits per heavy atom. The molecule has 23 heavy (non-hydrogen) atoms. The standard InChI is InChI=1S/C16H24N6O/c1-3-20(4-2)9-12-7-18-15-14(8-19-22(15)10-12)16(23)21-6-5-13(17)11-21/h7-8,10,13H,3-6,9,11,17H2,1-2H3. The van der Waals surface area contributed by atoms with Gasteiger partial charge in [0, 0.05) is 43.6 Å². The Hall–Kier alpha value is -1.99. The van der Waals surface area contributed by atoms with E-state index in [2.05, 4.69) is 28.8 Å². The molecular weight excluding hydrogens is 292 g/mol. The van der Waals surface area contributed by atoms with Crippen LogP contribution in [0.2, 0.25) is 0 Å². The molecule has 0 aromatic carbocycles. The van der Waals surface area contributed by atoms with E-state index < -0.39 is 0 Å². The number of carbonyl (C=O) groups excluding carboxylic acids is 1. The smallest absolute Gasteiger partial charge is 0.259 e. The molecular formula is C16H24N6O. The van der Waals surface area contributed by atoms with Gasteiger partial charge in [0.15, 0.2) is 5.65 Å². The molecule has 0 aliphatic carbocycles. The van der Waals surface area contributed by atoms with Gasteiger partial charge in [-0.05, 0) is 19.5 Å². The van der Waals surface area contributed by atoms with E-state index in [-0.39, 0.29) is 11.9 Å². The summed E-state index contributed by atoms with van der Waals surface area (Å²) in [5.41, 5.74) is 8.14. The molecule has 2 aromatic heterocycles. The van der Waals surface area contributed by atoms with Gasteiger partial charge in [0.05, 0.1) is 6.20 Å². The van der Waals surface area contributed by atoms with Crippen LogP contribution in [0.15, 0.2) is 18.6 Å². The largest absolute Gasteiger partial charge is 0.337 e. The Morgan fingerprint density at radius 1 is 1.39 bits per heavy atom. The van der Waals surface area contributed by atoms with E-state index >= 15 is 0 Å². The third kappa shape index (κ3) is 3.20. The maximum absolute atomic E-state index is 12.6. The first-order valence-corrected chi connectivity index (χ1v) is 8.21. The molecule has 1 amide bonds. The van der Waals surface area contributed by atoms with Crippen molar-refractivity contribution in [2.45, 2.75) is 32.9 Å². The van der Waals surface area contributed by atoms with E-state index in [9.17, 15) is 4.79 Å². The van der Waals surface area contributed by atoms with Gasteiger partial charge >= 0.3 is 0 Å². The van der Waals surface area contributed by atoms with E-state index in [4.69, 9.17) is 5.73 Å². The Bertz CT molecular complexity index is 693. The number of hydrogen-bond donors (Lipinski definition) is 1. The highest BCUT2D eigenvalue weighted by atomic mass is 16.2. The van der Waals surface area contributed by atoms with Crippen LogP contribution in [-0.4, -0.2) is 62.5 Å². The van der Waals surface area contributed by atoms with Crippen molar-refractivity contribution in [2.75, 3.05) is 26.2 Å². The average Bonchev–Trinajstić information content (AvgIpc) is 3.17. The zero-order valence-electron chi connectivity index (χ0n) is 13.8. The van der Waals surface area contributed by atoms with Gasteiger partial charge in [-0.1, -0.05) is 13.8 Å². The molecule has 0 saturated carbocycles. The van der Waals surface area contributed by atoms with Crippen LogP contribution in [0.5, 0.6) is 0 Å². The lowest BCUT2D eigenvalue weighted by Gasteiger charge is -2.17. The van der Waals surface area contributed by atoms with E-state index in [1.54, 1.807) is 15.6 Å². The second-order valence-corrected chi connectivity index (χ2v) is 6.05. The number of amides is 1. The first kappa shape index (κ1) is 15.9. The fourth-order valence-corrected chi connectivity index (χ4v) is 2.99. The zero-order valence-corrected chi connectivity index (χ0v) is 13.8. The van der Waals surface area contributed by atoms with Crippen LogP contribution >= 0.6 is 0 Å². The second-order valence-electron chi connectivity index (χ2n) is 6.05. The summed E-state index contributed by atoms with van der Waals surface area (Å²) in [5.74, 6) is -0.0306. The van der Waals surface area contributed by atoms with Crippen molar-refractivity contribution in [3.63, 3.8) is 0 Å². The number of likely N-dealkylation sites (tertiary alicyclic amines) is 1. The predicted octanol–water partition coefficient (Wildman–Crippen LogP) is 0.744. The van der Waals surface area contributed by atoms with Crippen molar-refractivity contribution < 1.29 is 4.79 Å². The van der Waals surface area contributed by atoms with Crippen LogP contribution in [0.25, 0.3) is 5.65 Å². The van der Waals surface area contributed by atoms with Crippen molar-refractivity contribution >= 4 is 11.6 Å². The van der Waals surface area contributed by atoms with Crippen molar-refractivity contribution in [1.82, 2.24) is 24.4 Å². The summed E-state index contributed by atoms with van der Waals surface area (Å²) in [5, 5.41) is 4.31. The highest BCUT2D eigenvalue weighted by Gasteiger charge is 2.27. The third-order valence-electron chi connectivity index (χ3n) is 4.45. The normalized spacial score (nSPS) is 18.3. The highest BCUT2D eigenvalue weighted by Crippen LogP contribution is 2.16. The van der Waals surface area contributed by atoms with Gasteiger partial charge in [0.2, 0.25) is 0 Å². The molecule has 1 saturated heterocycles. The number of nitrogens with two attached hydrogens (primary N) is 1. The van der Waals surface area contributed by atoms with E-state index in [1.807, 2.05) is 12.4 Å². The topological polar surface area (TPSA) is 79.8 Å². The van der Waals surface area contributed by atoms with Crippen molar-refractivity contribution in [3.8, 4) is 0 Å². The molecule has 124 valence electrons. The lowest BCUT2D eigenvalue weighted by Crippen LogP contribution is -2.31. The van der Waals surface area contributed by atoms with E-state index in [1.165, 1.54) is 0 Å². The lowest BCUT2D eigenvalue weighted by molar-refractivity contribution is 0.0792. The molecule has 1 aliphatic heterocycles. The summed E-state index contributed by atoms with van der Waals surface area (Å²) >= 11 is 0. The van der Waals surface area contributed by atoms with E-state index in [0.29, 0.717) is 24.3 Å². The third-order valence-corrected chi connectivity index (χ3v) is 4.45. The number of fused-ring (bicyclic) bond motifs is 1. The molecule has 2 aromatic rings. The predicted molar refractivity (Wildman–Crippen MR) is 88.1 cm³/mol. The van der Waals surface area contributed by atoms with Crippen LogP contribution in [0.1, 0.15) is 36.2 Å². The van der Waals surface area contributed by atoms with Crippen LogP contribution in [0.3, 0.4) is 0 Å². The minimum atomic E-state index is -0.0306. The summed E-state index contributed by atoms with van der Waals surface area (Å²) in [6.45, 7) is 8.41. The van der Waals surface area contributed by atoms with E-state index in [0.717, 1.165) is 31.6 Å². The first-order valence-electron chi connectivity index (χ1n) is 8.21. The molecule has 1 fully saturated rings. The van der Waals surface area contributed by atoms with Gasteiger partial charge in [-0.15, -0.1) is 0 Å². The molecule has 0 bridgehead atoms. The van der Waals surface area contributed by atoms with Crippen LogP contribution < -0.4 is 5.73 Å². The van der Waals surface area contributed by atoms with Gasteiger partial charge < -0.3 is 10.6 Å². The molecule has 1 aliphatic rings. The number of carbonyl (C=O) groups is 1. The van der Waals surface area contributed by atoms with Crippen LogP contribution in [0, 0.1) is 0 Å². The Morgan fingerprint density at radius 2 is 2.17 bits per heavy atom. The van der Waals surface area contributed by atoms with Gasteiger partial charge in [0.25, 0.3) is 5.91 Å². The van der Waals surface area contributed by atoms with Gasteiger partial charge in [-0.2, -0.15) is 5.10 Å². The quantitative estimate of drug-likeness (QED) is 0.880. The zero-order chi connectivity index (χ0) is 16.4. The highest BCUT2D eigenvalue weighted by molar-refractivity contribution is 5.99. The fourth-order valence-electron chi connectivity index (χ4n) is 2.99. The molecule has 2 N–H and O–H groups in total. The SMILES string of the molecule is CCN(CC)Cc1cnc2c(C(=O)N3CCC(N)C3)cnn2c1. The van der Waals surface area contributed by atoms with Crippen LogP contribution in [0.4, 0.5) is 0 Å². The molecule has 3 rings (SSSR count). The molecule has 7 nitrogen and oxygen atoms in total. The van der Waals surface area contributed by atoms with Crippen molar-refractivity contribution in [2.24, 2.45) is 5.73 Å². The maximum atomic E-state index is 12.6. The molecule has 7 heteroatoms. The minimum absolute atomic E-state index is 0.0306. The average molecular weight is 316 g/mol. The number of nitrogens with zero attached hydrogens (tertiary/aromatic N) is 5. The Kier molecular flexibility index (Phi) is 4.58. The number of hydrogen-bond acceptors (Lipinski definition) is 5. The van der Waals surface area contributed by atoms with Crippen molar-refractivity contribution in [3.05, 3.63) is 29.7 Å². The monoisotopic (exact) mass is 316 g/mol. The molecule has 0 spiro atoms. The Balaban J connectivity index is 1.82. The lowest BCUT2D eigenvalue weighted by atomic mass is 10.2. The summed E-state index contributed by atoms with van der Waals surface area (Å²) < 4.78 is 1.70. The number of rotatable bonds is 5. The molecule has 1 atom stereocenters. The van der Waals surface area contributed by atoms with Crippen molar-refractivity contribution in [1.29, 1.82) is 0 Å². The molecule has 0 radical (unpaired) electrons. The Labute approximate surface area is 136 Å². The fraction of sp³-hybridized carbons (Fsp3) is 0.562. The van der Waals surface area contributed by atoms with Gasteiger partial charge in [0.1, 0.15) is 5.56 Å². The number of aromatic nitrogens is 3. The van der Waals surface area contributed by atoms with Crippen LogP contribution in [-0.2, 0) is 6.54 Å². The maximum Gasteiger partial charge on any atom is 0.259 e. The second kappa shape index (κ2) is 6.64. The molecule has 3 heterocycles. The van der Waals surface area contributed by atoms with Gasteiger partial charge in [-0.3, -0.25) is 9.69 Å². The summed E-state index contributed by atoms with van der Waals surface area (Å²) in [6, 6.07) is 0.0782. The molecule has 1 unspecified atom stereocenters.